The zero-order chi connectivity index (χ0) is 13.1. The highest BCUT2D eigenvalue weighted by molar-refractivity contribution is 6.30. The molecule has 0 aliphatic heterocycles. The SMILES string of the molecule is Cc1cc(C)c(CNc2ccc(Cl)cc2)c(C)c1. The second-order valence-corrected chi connectivity index (χ2v) is 5.17. The van der Waals surface area contributed by atoms with Crippen LogP contribution in [0.25, 0.3) is 0 Å². The summed E-state index contributed by atoms with van der Waals surface area (Å²) in [6.07, 6.45) is 0. The molecule has 0 amide bonds. The Bertz CT molecular complexity index is 521. The Hall–Kier alpha value is -1.47. The van der Waals surface area contributed by atoms with Crippen LogP contribution in [0.4, 0.5) is 5.69 Å². The zero-order valence-electron chi connectivity index (χ0n) is 11.0. The molecule has 0 radical (unpaired) electrons. The van der Waals surface area contributed by atoms with Crippen LogP contribution < -0.4 is 5.32 Å². The van der Waals surface area contributed by atoms with Crippen molar-refractivity contribution in [2.45, 2.75) is 27.3 Å². The van der Waals surface area contributed by atoms with Crippen molar-refractivity contribution in [2.75, 3.05) is 5.32 Å². The van der Waals surface area contributed by atoms with Gasteiger partial charge in [0.05, 0.1) is 0 Å². The zero-order valence-corrected chi connectivity index (χ0v) is 11.8. The molecule has 18 heavy (non-hydrogen) atoms. The Kier molecular flexibility index (Phi) is 3.93. The maximum atomic E-state index is 5.87. The van der Waals surface area contributed by atoms with E-state index in [0.717, 1.165) is 17.3 Å². The second-order valence-electron chi connectivity index (χ2n) is 4.74. The van der Waals surface area contributed by atoms with Gasteiger partial charge in [0.25, 0.3) is 0 Å². The minimum absolute atomic E-state index is 0.767. The third kappa shape index (κ3) is 3.05. The van der Waals surface area contributed by atoms with Crippen LogP contribution in [0.3, 0.4) is 0 Å². The van der Waals surface area contributed by atoms with Crippen LogP contribution in [0, 0.1) is 20.8 Å². The molecule has 0 fully saturated rings. The van der Waals surface area contributed by atoms with E-state index in [0.29, 0.717) is 0 Å². The van der Waals surface area contributed by atoms with Crippen molar-refractivity contribution < 1.29 is 0 Å². The molecular formula is C16H18ClN. The van der Waals surface area contributed by atoms with E-state index < -0.39 is 0 Å². The molecule has 0 aliphatic rings. The second kappa shape index (κ2) is 5.45. The van der Waals surface area contributed by atoms with Gasteiger partial charge in [0.2, 0.25) is 0 Å². The molecule has 0 aliphatic carbocycles. The monoisotopic (exact) mass is 259 g/mol. The number of benzene rings is 2. The normalized spacial score (nSPS) is 10.4. The average molecular weight is 260 g/mol. The number of aryl methyl sites for hydroxylation is 3. The van der Waals surface area contributed by atoms with Crippen LogP contribution in [-0.4, -0.2) is 0 Å². The lowest BCUT2D eigenvalue weighted by molar-refractivity contribution is 1.08. The van der Waals surface area contributed by atoms with Gasteiger partial charge in [0, 0.05) is 17.3 Å². The van der Waals surface area contributed by atoms with E-state index in [1.165, 1.54) is 22.3 Å². The van der Waals surface area contributed by atoms with Crippen LogP contribution in [0.1, 0.15) is 22.3 Å². The first kappa shape index (κ1) is 13.0. The summed E-state index contributed by atoms with van der Waals surface area (Å²) in [4.78, 5) is 0. The molecule has 0 atom stereocenters. The molecule has 0 bridgehead atoms. The first-order valence-corrected chi connectivity index (χ1v) is 6.50. The van der Waals surface area contributed by atoms with Crippen molar-refractivity contribution in [2.24, 2.45) is 0 Å². The Morgan fingerprint density at radius 3 is 2.06 bits per heavy atom. The Morgan fingerprint density at radius 1 is 0.944 bits per heavy atom. The van der Waals surface area contributed by atoms with E-state index >= 15 is 0 Å². The maximum absolute atomic E-state index is 5.87. The van der Waals surface area contributed by atoms with E-state index in [-0.39, 0.29) is 0 Å². The summed E-state index contributed by atoms with van der Waals surface area (Å²) in [7, 11) is 0. The summed E-state index contributed by atoms with van der Waals surface area (Å²) in [6, 6.07) is 12.3. The third-order valence-corrected chi connectivity index (χ3v) is 3.41. The molecular weight excluding hydrogens is 242 g/mol. The minimum atomic E-state index is 0.767. The van der Waals surface area contributed by atoms with Crippen LogP contribution in [-0.2, 0) is 6.54 Å². The lowest BCUT2D eigenvalue weighted by Crippen LogP contribution is -2.03. The molecule has 0 spiro atoms. The molecule has 1 nitrogen and oxygen atoms in total. The predicted octanol–water partition coefficient (Wildman–Crippen LogP) is 4.88. The maximum Gasteiger partial charge on any atom is 0.0407 e. The van der Waals surface area contributed by atoms with Crippen LogP contribution >= 0.6 is 11.6 Å². The number of rotatable bonds is 3. The number of hydrogen-bond acceptors (Lipinski definition) is 1. The number of anilines is 1. The quantitative estimate of drug-likeness (QED) is 0.829. The molecule has 2 heteroatoms. The largest absolute Gasteiger partial charge is 0.381 e. The molecule has 2 rings (SSSR count). The highest BCUT2D eigenvalue weighted by Crippen LogP contribution is 2.19. The molecule has 2 aromatic carbocycles. The van der Waals surface area contributed by atoms with E-state index in [1.807, 2.05) is 24.3 Å². The topological polar surface area (TPSA) is 12.0 Å². The highest BCUT2D eigenvalue weighted by Gasteiger charge is 2.03. The summed E-state index contributed by atoms with van der Waals surface area (Å²) in [5.74, 6) is 0. The van der Waals surface area contributed by atoms with Gasteiger partial charge in [-0.05, 0) is 61.7 Å². The van der Waals surface area contributed by atoms with Crippen molar-refractivity contribution in [1.82, 2.24) is 0 Å². The van der Waals surface area contributed by atoms with E-state index in [4.69, 9.17) is 11.6 Å². The fourth-order valence-electron chi connectivity index (χ4n) is 2.25. The number of hydrogen-bond donors (Lipinski definition) is 1. The molecule has 0 saturated heterocycles. The van der Waals surface area contributed by atoms with Crippen molar-refractivity contribution in [1.29, 1.82) is 0 Å². The van der Waals surface area contributed by atoms with Gasteiger partial charge in [-0.3, -0.25) is 0 Å². The highest BCUT2D eigenvalue weighted by atomic mass is 35.5. The third-order valence-electron chi connectivity index (χ3n) is 3.15. The smallest absolute Gasteiger partial charge is 0.0407 e. The van der Waals surface area contributed by atoms with Crippen molar-refractivity contribution in [3.8, 4) is 0 Å². The van der Waals surface area contributed by atoms with Gasteiger partial charge >= 0.3 is 0 Å². The molecule has 0 heterocycles. The fourth-order valence-corrected chi connectivity index (χ4v) is 2.37. The molecule has 1 N–H and O–H groups in total. The predicted molar refractivity (Wildman–Crippen MR) is 79.4 cm³/mol. The lowest BCUT2D eigenvalue weighted by Gasteiger charge is -2.13. The van der Waals surface area contributed by atoms with Gasteiger partial charge in [0.15, 0.2) is 0 Å². The number of halogens is 1. The van der Waals surface area contributed by atoms with Crippen molar-refractivity contribution >= 4 is 17.3 Å². The van der Waals surface area contributed by atoms with Gasteiger partial charge < -0.3 is 5.32 Å². The van der Waals surface area contributed by atoms with Crippen LogP contribution in [0.5, 0.6) is 0 Å². The molecule has 0 unspecified atom stereocenters. The van der Waals surface area contributed by atoms with Gasteiger partial charge in [-0.15, -0.1) is 0 Å². The van der Waals surface area contributed by atoms with Crippen LogP contribution in [0.2, 0.25) is 5.02 Å². The first-order chi connectivity index (χ1) is 8.56. The summed E-state index contributed by atoms with van der Waals surface area (Å²) in [6.45, 7) is 7.31. The van der Waals surface area contributed by atoms with Crippen LogP contribution in [0.15, 0.2) is 36.4 Å². The standard InChI is InChI=1S/C16H18ClN/c1-11-8-12(2)16(13(3)9-11)10-18-15-6-4-14(17)5-7-15/h4-9,18H,10H2,1-3H3. The summed E-state index contributed by atoms with van der Waals surface area (Å²) >= 11 is 5.87. The Balaban J connectivity index is 2.13. The minimum Gasteiger partial charge on any atom is -0.381 e. The van der Waals surface area contributed by atoms with Crippen molar-refractivity contribution in [3.05, 3.63) is 63.7 Å². The van der Waals surface area contributed by atoms with Gasteiger partial charge in [-0.25, -0.2) is 0 Å². The summed E-state index contributed by atoms with van der Waals surface area (Å²) in [5, 5.41) is 4.20. The first-order valence-electron chi connectivity index (χ1n) is 6.12. The van der Waals surface area contributed by atoms with E-state index in [1.54, 1.807) is 0 Å². The summed E-state index contributed by atoms with van der Waals surface area (Å²) in [5.41, 5.74) is 6.47. The molecule has 0 saturated carbocycles. The van der Waals surface area contributed by atoms with E-state index in [2.05, 4.69) is 38.2 Å². The van der Waals surface area contributed by atoms with Gasteiger partial charge in [-0.1, -0.05) is 29.3 Å². The van der Waals surface area contributed by atoms with E-state index in [9.17, 15) is 0 Å². The van der Waals surface area contributed by atoms with Gasteiger partial charge in [0.1, 0.15) is 0 Å². The molecule has 94 valence electrons. The molecule has 0 aromatic heterocycles. The fraction of sp³-hybridized carbons (Fsp3) is 0.250. The number of nitrogens with one attached hydrogen (secondary N) is 1. The Labute approximate surface area is 114 Å². The van der Waals surface area contributed by atoms with Crippen molar-refractivity contribution in [3.63, 3.8) is 0 Å². The Morgan fingerprint density at radius 2 is 1.50 bits per heavy atom. The summed E-state index contributed by atoms with van der Waals surface area (Å²) < 4.78 is 0. The van der Waals surface area contributed by atoms with Gasteiger partial charge in [-0.2, -0.15) is 0 Å². The lowest BCUT2D eigenvalue weighted by atomic mass is 10.00. The average Bonchev–Trinajstić information content (AvgIpc) is 2.30. The molecule has 2 aromatic rings.